The van der Waals surface area contributed by atoms with Gasteiger partial charge in [0.25, 0.3) is 5.56 Å². The van der Waals surface area contributed by atoms with Gasteiger partial charge in [-0.05, 0) is 12.8 Å². The zero-order valence-electron chi connectivity index (χ0n) is 11.4. The molecule has 1 amide bonds. The number of hydrogen-bond acceptors (Lipinski definition) is 5. The van der Waals surface area contributed by atoms with Crippen LogP contribution in [0.1, 0.15) is 18.5 Å². The minimum atomic E-state index is -4.70. The van der Waals surface area contributed by atoms with Crippen molar-refractivity contribution in [2.75, 3.05) is 18.9 Å². The molecule has 0 saturated carbocycles. The number of carbonyl (C=O) groups excluding carboxylic acids is 1. The van der Waals surface area contributed by atoms with E-state index in [9.17, 15) is 22.8 Å². The summed E-state index contributed by atoms with van der Waals surface area (Å²) in [6, 6.07) is 0.377. The van der Waals surface area contributed by atoms with Gasteiger partial charge in [-0.3, -0.25) is 9.59 Å². The second-order valence-electron chi connectivity index (χ2n) is 4.66. The summed E-state index contributed by atoms with van der Waals surface area (Å²) in [5, 5.41) is 2.38. The first-order chi connectivity index (χ1) is 10.3. The summed E-state index contributed by atoms with van der Waals surface area (Å²) in [6.07, 6.45) is -2.90. The second-order valence-corrected chi connectivity index (χ2v) is 5.63. The Morgan fingerprint density at radius 2 is 2.32 bits per heavy atom. The van der Waals surface area contributed by atoms with Crippen LogP contribution >= 0.6 is 11.8 Å². The third kappa shape index (κ3) is 5.02. The molecule has 1 aliphatic heterocycles. The number of aromatic nitrogens is 2. The molecule has 0 unspecified atom stereocenters. The van der Waals surface area contributed by atoms with E-state index < -0.39 is 17.4 Å². The van der Waals surface area contributed by atoms with Crippen LogP contribution in [0.25, 0.3) is 0 Å². The molecule has 1 fully saturated rings. The highest BCUT2D eigenvalue weighted by molar-refractivity contribution is 7.99. The molecule has 0 spiro atoms. The van der Waals surface area contributed by atoms with Crippen LogP contribution in [0.4, 0.5) is 13.2 Å². The Hall–Kier alpha value is -1.55. The van der Waals surface area contributed by atoms with Gasteiger partial charge >= 0.3 is 6.18 Å². The molecule has 6 nitrogen and oxygen atoms in total. The number of nitrogens with zero attached hydrogens (tertiary/aromatic N) is 1. The van der Waals surface area contributed by atoms with Crippen LogP contribution in [-0.4, -0.2) is 40.9 Å². The SMILES string of the molecule is O=C(CSc1nc(C(F)(F)F)cc(=O)[nH]1)NC[C@H]1CCCO1. The monoisotopic (exact) mass is 337 g/mol. The van der Waals surface area contributed by atoms with E-state index in [2.05, 4.69) is 15.3 Å². The van der Waals surface area contributed by atoms with E-state index in [0.717, 1.165) is 24.6 Å². The molecule has 0 radical (unpaired) electrons. The topological polar surface area (TPSA) is 84.1 Å². The van der Waals surface area contributed by atoms with Crippen molar-refractivity contribution in [1.82, 2.24) is 15.3 Å². The Balaban J connectivity index is 1.86. The van der Waals surface area contributed by atoms with Crippen molar-refractivity contribution in [2.24, 2.45) is 0 Å². The third-order valence-electron chi connectivity index (χ3n) is 2.90. The molecule has 122 valence electrons. The Morgan fingerprint density at radius 1 is 1.55 bits per heavy atom. The first kappa shape index (κ1) is 16.8. The minimum absolute atomic E-state index is 0.0135. The highest BCUT2D eigenvalue weighted by Gasteiger charge is 2.33. The Labute approximate surface area is 127 Å². The summed E-state index contributed by atoms with van der Waals surface area (Å²) >= 11 is 0.736. The van der Waals surface area contributed by atoms with Crippen molar-refractivity contribution >= 4 is 17.7 Å². The lowest BCUT2D eigenvalue weighted by Gasteiger charge is -2.10. The van der Waals surface area contributed by atoms with E-state index in [0.29, 0.717) is 19.2 Å². The maximum Gasteiger partial charge on any atom is 0.433 e. The summed E-state index contributed by atoms with van der Waals surface area (Å²) in [6.45, 7) is 1.04. The Kier molecular flexibility index (Phi) is 5.46. The van der Waals surface area contributed by atoms with E-state index >= 15 is 0 Å². The van der Waals surface area contributed by atoms with Gasteiger partial charge in [0.1, 0.15) is 0 Å². The summed E-state index contributed by atoms with van der Waals surface area (Å²) in [4.78, 5) is 28.2. The van der Waals surface area contributed by atoms with Crippen LogP contribution in [0, 0.1) is 0 Å². The molecular formula is C12H14F3N3O3S. The summed E-state index contributed by atoms with van der Waals surface area (Å²) in [7, 11) is 0. The number of halogens is 3. The van der Waals surface area contributed by atoms with Gasteiger partial charge in [-0.25, -0.2) is 4.98 Å². The summed E-state index contributed by atoms with van der Waals surface area (Å²) < 4.78 is 42.9. The molecule has 10 heteroatoms. The van der Waals surface area contributed by atoms with E-state index in [4.69, 9.17) is 4.74 Å². The molecule has 2 rings (SSSR count). The van der Waals surface area contributed by atoms with Gasteiger partial charge < -0.3 is 15.0 Å². The fourth-order valence-corrected chi connectivity index (χ4v) is 2.57. The number of ether oxygens (including phenoxy) is 1. The molecule has 1 aromatic rings. The van der Waals surface area contributed by atoms with Gasteiger partial charge in [0.15, 0.2) is 10.9 Å². The van der Waals surface area contributed by atoms with E-state index in [1.807, 2.05) is 0 Å². The Bertz CT molecular complexity index is 585. The fraction of sp³-hybridized carbons (Fsp3) is 0.583. The highest BCUT2D eigenvalue weighted by atomic mass is 32.2. The summed E-state index contributed by atoms with van der Waals surface area (Å²) in [5.41, 5.74) is -2.19. The number of amides is 1. The predicted molar refractivity (Wildman–Crippen MR) is 72.6 cm³/mol. The Morgan fingerprint density at radius 3 is 2.95 bits per heavy atom. The average Bonchev–Trinajstić information content (AvgIpc) is 2.94. The van der Waals surface area contributed by atoms with Gasteiger partial charge in [-0.1, -0.05) is 11.8 Å². The number of alkyl halides is 3. The van der Waals surface area contributed by atoms with Gasteiger partial charge in [0.2, 0.25) is 5.91 Å². The first-order valence-corrected chi connectivity index (χ1v) is 7.53. The smallest absolute Gasteiger partial charge is 0.376 e. The van der Waals surface area contributed by atoms with Crippen LogP contribution in [0.15, 0.2) is 16.0 Å². The largest absolute Gasteiger partial charge is 0.433 e. The number of rotatable bonds is 5. The van der Waals surface area contributed by atoms with Crippen molar-refractivity contribution < 1.29 is 22.7 Å². The number of H-pyrrole nitrogens is 1. The highest BCUT2D eigenvalue weighted by Crippen LogP contribution is 2.27. The molecule has 1 atom stereocenters. The zero-order valence-corrected chi connectivity index (χ0v) is 12.2. The summed E-state index contributed by atoms with van der Waals surface area (Å²) in [5.74, 6) is -0.502. The van der Waals surface area contributed by atoms with Crippen LogP contribution < -0.4 is 10.9 Å². The van der Waals surface area contributed by atoms with Crippen molar-refractivity contribution in [3.63, 3.8) is 0 Å². The third-order valence-corrected chi connectivity index (χ3v) is 3.77. The first-order valence-electron chi connectivity index (χ1n) is 6.54. The van der Waals surface area contributed by atoms with Gasteiger partial charge in [0, 0.05) is 19.2 Å². The number of hydrogen-bond donors (Lipinski definition) is 2. The van der Waals surface area contributed by atoms with Crippen molar-refractivity contribution in [3.8, 4) is 0 Å². The standard InChI is InChI=1S/C12H14F3N3O3S/c13-12(14,15)8-4-9(19)18-11(17-8)22-6-10(20)16-5-7-2-1-3-21-7/h4,7H,1-3,5-6H2,(H,16,20)(H,17,18,19)/t7-/m1/s1. The van der Waals surface area contributed by atoms with Crippen LogP contribution in [0.3, 0.4) is 0 Å². The van der Waals surface area contributed by atoms with Gasteiger partial charge in [-0.2, -0.15) is 13.2 Å². The van der Waals surface area contributed by atoms with Crippen molar-refractivity contribution in [2.45, 2.75) is 30.3 Å². The number of carbonyl (C=O) groups is 1. The quantitative estimate of drug-likeness (QED) is 0.623. The fourth-order valence-electron chi connectivity index (χ4n) is 1.87. The predicted octanol–water partition coefficient (Wildman–Crippen LogP) is 1.18. The van der Waals surface area contributed by atoms with E-state index in [-0.39, 0.29) is 22.9 Å². The molecule has 0 aliphatic carbocycles. The normalized spacial score (nSPS) is 18.4. The lowest BCUT2D eigenvalue weighted by molar-refractivity contribution is -0.141. The van der Waals surface area contributed by atoms with Gasteiger partial charge in [-0.15, -0.1) is 0 Å². The zero-order chi connectivity index (χ0) is 16.2. The maximum absolute atomic E-state index is 12.5. The van der Waals surface area contributed by atoms with Crippen LogP contribution in [-0.2, 0) is 15.7 Å². The molecule has 1 aliphatic rings. The van der Waals surface area contributed by atoms with Crippen LogP contribution in [0.5, 0.6) is 0 Å². The van der Waals surface area contributed by atoms with Crippen molar-refractivity contribution in [3.05, 3.63) is 22.1 Å². The van der Waals surface area contributed by atoms with Crippen molar-refractivity contribution in [1.29, 1.82) is 0 Å². The molecular weight excluding hydrogens is 323 g/mol. The van der Waals surface area contributed by atoms with E-state index in [1.54, 1.807) is 0 Å². The molecule has 22 heavy (non-hydrogen) atoms. The van der Waals surface area contributed by atoms with Gasteiger partial charge in [0.05, 0.1) is 11.9 Å². The average molecular weight is 337 g/mol. The molecule has 1 aromatic heterocycles. The molecule has 0 bridgehead atoms. The minimum Gasteiger partial charge on any atom is -0.376 e. The number of nitrogens with one attached hydrogen (secondary N) is 2. The number of aromatic amines is 1. The second kappa shape index (κ2) is 7.14. The molecule has 0 aromatic carbocycles. The van der Waals surface area contributed by atoms with Crippen LogP contribution in [0.2, 0.25) is 0 Å². The number of thioether (sulfide) groups is 1. The van der Waals surface area contributed by atoms with E-state index in [1.165, 1.54) is 0 Å². The lowest BCUT2D eigenvalue weighted by Crippen LogP contribution is -2.33. The molecule has 2 heterocycles. The lowest BCUT2D eigenvalue weighted by atomic mass is 10.2. The maximum atomic E-state index is 12.5. The molecule has 2 N–H and O–H groups in total. The molecule has 1 saturated heterocycles.